The van der Waals surface area contributed by atoms with E-state index < -0.39 is 28.0 Å². The van der Waals surface area contributed by atoms with Crippen molar-refractivity contribution in [1.82, 2.24) is 5.32 Å². The Balaban J connectivity index is 2.31. The van der Waals surface area contributed by atoms with Crippen LogP contribution in [0.5, 0.6) is 5.75 Å². The van der Waals surface area contributed by atoms with Crippen molar-refractivity contribution >= 4 is 27.6 Å². The Kier molecular flexibility index (Phi) is 7.22. The Bertz CT molecular complexity index is 987. The smallest absolute Gasteiger partial charge is 0.338 e. The molecule has 0 radical (unpaired) electrons. The molecule has 0 spiro atoms. The number of anilines is 1. The zero-order chi connectivity index (χ0) is 21.6. The fraction of sp³-hybridized carbons (Fsp3) is 0.300. The number of benzene rings is 2. The van der Waals surface area contributed by atoms with Gasteiger partial charge < -0.3 is 14.8 Å². The highest BCUT2D eigenvalue weighted by atomic mass is 32.2. The molecule has 1 atom stereocenters. The SMILES string of the molecule is CCNC(=O)[C@H](C)OC(=O)c1ccc(OC)c(S(=O)(=O)Nc2ccc(C)cc2)c1. The summed E-state index contributed by atoms with van der Waals surface area (Å²) in [5, 5.41) is 2.55. The van der Waals surface area contributed by atoms with Gasteiger partial charge >= 0.3 is 5.97 Å². The van der Waals surface area contributed by atoms with Crippen LogP contribution in [-0.4, -0.2) is 40.1 Å². The number of methoxy groups -OCH3 is 1. The summed E-state index contributed by atoms with van der Waals surface area (Å²) >= 11 is 0. The second-order valence-electron chi connectivity index (χ2n) is 6.28. The third kappa shape index (κ3) is 5.71. The molecule has 0 fully saturated rings. The number of carbonyl (C=O) groups is 2. The van der Waals surface area contributed by atoms with Crippen molar-refractivity contribution in [3.05, 3.63) is 53.6 Å². The number of nitrogens with one attached hydrogen (secondary N) is 2. The zero-order valence-electron chi connectivity index (χ0n) is 16.7. The fourth-order valence-electron chi connectivity index (χ4n) is 2.45. The van der Waals surface area contributed by atoms with Gasteiger partial charge in [0.15, 0.2) is 6.10 Å². The van der Waals surface area contributed by atoms with Gasteiger partial charge in [-0.3, -0.25) is 9.52 Å². The van der Waals surface area contributed by atoms with Crippen LogP contribution in [-0.2, 0) is 19.6 Å². The van der Waals surface area contributed by atoms with Gasteiger partial charge in [0, 0.05) is 12.2 Å². The first kappa shape index (κ1) is 22.2. The molecule has 0 heterocycles. The molecule has 0 aliphatic rings. The van der Waals surface area contributed by atoms with Crippen LogP contribution < -0.4 is 14.8 Å². The predicted octanol–water partition coefficient (Wildman–Crippen LogP) is 2.49. The van der Waals surface area contributed by atoms with Crippen molar-refractivity contribution in [1.29, 1.82) is 0 Å². The van der Waals surface area contributed by atoms with Gasteiger partial charge in [-0.2, -0.15) is 0 Å². The van der Waals surface area contributed by atoms with Crippen LogP contribution in [0.25, 0.3) is 0 Å². The van der Waals surface area contributed by atoms with E-state index in [-0.39, 0.29) is 16.2 Å². The number of sulfonamides is 1. The van der Waals surface area contributed by atoms with Crippen molar-refractivity contribution in [2.75, 3.05) is 18.4 Å². The molecule has 156 valence electrons. The van der Waals surface area contributed by atoms with Gasteiger partial charge in [0.05, 0.1) is 12.7 Å². The molecule has 1 amide bonds. The average molecular weight is 420 g/mol. The minimum atomic E-state index is -4.04. The summed E-state index contributed by atoms with van der Waals surface area (Å²) in [6.45, 7) is 5.46. The quantitative estimate of drug-likeness (QED) is 0.635. The molecule has 0 saturated carbocycles. The summed E-state index contributed by atoms with van der Waals surface area (Å²) in [6.07, 6.45) is -1.02. The van der Waals surface area contributed by atoms with Crippen LogP contribution in [0.1, 0.15) is 29.8 Å². The third-order valence-electron chi connectivity index (χ3n) is 4.00. The molecule has 9 heteroatoms. The average Bonchev–Trinajstić information content (AvgIpc) is 2.69. The molecule has 0 aliphatic carbocycles. The Morgan fingerprint density at radius 1 is 1.10 bits per heavy atom. The normalized spacial score (nSPS) is 12.0. The van der Waals surface area contributed by atoms with Gasteiger partial charge in [-0.15, -0.1) is 0 Å². The molecule has 0 unspecified atom stereocenters. The van der Waals surface area contributed by atoms with Gasteiger partial charge in [0.1, 0.15) is 10.6 Å². The van der Waals surface area contributed by atoms with Crippen molar-refractivity contribution in [3.63, 3.8) is 0 Å². The molecular formula is C20H24N2O6S. The maximum absolute atomic E-state index is 12.8. The maximum atomic E-state index is 12.8. The van der Waals surface area contributed by atoms with E-state index in [4.69, 9.17) is 9.47 Å². The Morgan fingerprint density at radius 2 is 1.76 bits per heavy atom. The lowest BCUT2D eigenvalue weighted by molar-refractivity contribution is -0.128. The maximum Gasteiger partial charge on any atom is 0.338 e. The van der Waals surface area contributed by atoms with E-state index in [0.717, 1.165) is 11.6 Å². The van der Waals surface area contributed by atoms with E-state index in [0.29, 0.717) is 12.2 Å². The van der Waals surface area contributed by atoms with Crippen molar-refractivity contribution < 1.29 is 27.5 Å². The fourth-order valence-corrected chi connectivity index (χ4v) is 3.70. The first-order valence-electron chi connectivity index (χ1n) is 8.94. The van der Waals surface area contributed by atoms with E-state index in [2.05, 4.69) is 10.0 Å². The van der Waals surface area contributed by atoms with E-state index >= 15 is 0 Å². The van der Waals surface area contributed by atoms with E-state index in [1.54, 1.807) is 31.2 Å². The molecular weight excluding hydrogens is 396 g/mol. The van der Waals surface area contributed by atoms with Crippen LogP contribution in [0.4, 0.5) is 5.69 Å². The van der Waals surface area contributed by atoms with Gasteiger partial charge in [-0.25, -0.2) is 13.2 Å². The topological polar surface area (TPSA) is 111 Å². The molecule has 8 nitrogen and oxygen atoms in total. The first-order chi connectivity index (χ1) is 13.7. The third-order valence-corrected chi connectivity index (χ3v) is 5.40. The number of hydrogen-bond acceptors (Lipinski definition) is 6. The summed E-state index contributed by atoms with van der Waals surface area (Å²) in [6, 6.07) is 10.7. The standard InChI is InChI=1S/C20H24N2O6S/c1-5-21-19(23)14(3)28-20(24)15-8-11-17(27-4)18(12-15)29(25,26)22-16-9-6-13(2)7-10-16/h6-12,14,22H,5H2,1-4H3,(H,21,23)/t14-/m0/s1. The summed E-state index contributed by atoms with van der Waals surface area (Å²) in [7, 11) is -2.71. The number of carbonyl (C=O) groups excluding carboxylic acids is 2. The molecule has 0 bridgehead atoms. The van der Waals surface area contributed by atoms with Crippen LogP contribution in [0.15, 0.2) is 47.4 Å². The number of rotatable bonds is 8. The highest BCUT2D eigenvalue weighted by Gasteiger charge is 2.24. The van der Waals surface area contributed by atoms with Gasteiger partial charge in [0.25, 0.3) is 15.9 Å². The second-order valence-corrected chi connectivity index (χ2v) is 7.93. The Morgan fingerprint density at radius 3 is 2.34 bits per heavy atom. The molecule has 2 aromatic rings. The van der Waals surface area contributed by atoms with Crippen molar-refractivity contribution in [2.45, 2.75) is 31.8 Å². The number of ether oxygens (including phenoxy) is 2. The minimum absolute atomic E-state index is 0.0220. The van der Waals surface area contributed by atoms with E-state index in [1.807, 2.05) is 6.92 Å². The number of likely N-dealkylation sites (N-methyl/N-ethyl adjacent to an activating group) is 1. The summed E-state index contributed by atoms with van der Waals surface area (Å²) in [5.41, 5.74) is 1.33. The highest BCUT2D eigenvalue weighted by molar-refractivity contribution is 7.92. The van der Waals surface area contributed by atoms with Gasteiger partial charge in [-0.05, 0) is 51.1 Å². The Hall–Kier alpha value is -3.07. The highest BCUT2D eigenvalue weighted by Crippen LogP contribution is 2.27. The minimum Gasteiger partial charge on any atom is -0.495 e. The van der Waals surface area contributed by atoms with Gasteiger partial charge in [0.2, 0.25) is 0 Å². The lowest BCUT2D eigenvalue weighted by atomic mass is 10.2. The lowest BCUT2D eigenvalue weighted by Crippen LogP contribution is -2.35. The monoisotopic (exact) mass is 420 g/mol. The second kappa shape index (κ2) is 9.42. The molecule has 29 heavy (non-hydrogen) atoms. The molecule has 0 aromatic heterocycles. The molecule has 2 aromatic carbocycles. The zero-order valence-corrected chi connectivity index (χ0v) is 17.5. The molecule has 0 saturated heterocycles. The van der Waals surface area contributed by atoms with Crippen LogP contribution in [0.2, 0.25) is 0 Å². The molecule has 0 aliphatic heterocycles. The number of hydrogen-bond donors (Lipinski definition) is 2. The first-order valence-corrected chi connectivity index (χ1v) is 10.4. The number of aryl methyl sites for hydroxylation is 1. The van der Waals surface area contributed by atoms with Crippen LogP contribution in [0, 0.1) is 6.92 Å². The van der Waals surface area contributed by atoms with E-state index in [9.17, 15) is 18.0 Å². The summed E-state index contributed by atoms with van der Waals surface area (Å²) < 4.78 is 38.4. The summed E-state index contributed by atoms with van der Waals surface area (Å²) in [4.78, 5) is 23.9. The number of amides is 1. The van der Waals surface area contributed by atoms with E-state index in [1.165, 1.54) is 26.2 Å². The van der Waals surface area contributed by atoms with Crippen molar-refractivity contribution in [2.24, 2.45) is 0 Å². The van der Waals surface area contributed by atoms with Crippen LogP contribution >= 0.6 is 0 Å². The van der Waals surface area contributed by atoms with Crippen LogP contribution in [0.3, 0.4) is 0 Å². The van der Waals surface area contributed by atoms with Gasteiger partial charge in [-0.1, -0.05) is 17.7 Å². The Labute approximate surface area is 170 Å². The molecule has 2 N–H and O–H groups in total. The number of esters is 1. The van der Waals surface area contributed by atoms with Crippen molar-refractivity contribution in [3.8, 4) is 5.75 Å². The lowest BCUT2D eigenvalue weighted by Gasteiger charge is -2.15. The molecule has 2 rings (SSSR count). The summed E-state index contributed by atoms with van der Waals surface area (Å²) in [5.74, 6) is -1.20. The largest absolute Gasteiger partial charge is 0.495 e. The predicted molar refractivity (Wildman–Crippen MR) is 109 cm³/mol.